The molecule has 1 aromatic heterocycles. The van der Waals surface area contributed by atoms with Crippen molar-refractivity contribution in [3.8, 4) is 11.3 Å². The second-order valence-corrected chi connectivity index (χ2v) is 5.07. The maximum absolute atomic E-state index is 4.51. The number of hydrogen-bond acceptors (Lipinski definition) is 2. The fourth-order valence-corrected chi connectivity index (χ4v) is 2.57. The molecule has 0 fully saturated rings. The Bertz CT molecular complexity index is 539. The highest BCUT2D eigenvalue weighted by Crippen LogP contribution is 2.27. The number of aromatic nitrogens is 2. The van der Waals surface area contributed by atoms with Crippen molar-refractivity contribution in [3.63, 3.8) is 0 Å². The first-order valence-corrected chi connectivity index (χ1v) is 6.62. The highest BCUT2D eigenvalue weighted by atomic mass is 15.2. The molecule has 3 heteroatoms. The van der Waals surface area contributed by atoms with E-state index in [1.54, 1.807) is 0 Å². The number of H-pyrrole nitrogens is 1. The lowest BCUT2D eigenvalue weighted by atomic mass is 10.0. The lowest BCUT2D eigenvalue weighted by Crippen LogP contribution is -2.26. The normalized spacial score (nSPS) is 15.7. The van der Waals surface area contributed by atoms with E-state index in [4.69, 9.17) is 0 Å². The van der Waals surface area contributed by atoms with Crippen LogP contribution >= 0.6 is 0 Å². The van der Waals surface area contributed by atoms with E-state index in [-0.39, 0.29) is 0 Å². The van der Waals surface area contributed by atoms with Crippen LogP contribution in [0.15, 0.2) is 24.3 Å². The quantitative estimate of drug-likeness (QED) is 0.876. The molecule has 3 nitrogen and oxygen atoms in total. The van der Waals surface area contributed by atoms with E-state index in [9.17, 15) is 0 Å². The Kier molecular flexibility index (Phi) is 2.92. The van der Waals surface area contributed by atoms with Gasteiger partial charge in [0.25, 0.3) is 0 Å². The van der Waals surface area contributed by atoms with Crippen LogP contribution < -0.4 is 0 Å². The summed E-state index contributed by atoms with van der Waals surface area (Å²) in [5.41, 5.74) is 6.40. The summed E-state index contributed by atoms with van der Waals surface area (Å²) in [6.45, 7) is 4.29. The van der Waals surface area contributed by atoms with Gasteiger partial charge in [-0.2, -0.15) is 5.10 Å². The lowest BCUT2D eigenvalue weighted by Gasteiger charge is -2.22. The van der Waals surface area contributed by atoms with Crippen molar-refractivity contribution >= 4 is 0 Å². The van der Waals surface area contributed by atoms with Crippen LogP contribution in [0, 0.1) is 0 Å². The molecule has 2 heterocycles. The van der Waals surface area contributed by atoms with Gasteiger partial charge in [0.1, 0.15) is 0 Å². The molecular weight excluding hydrogens is 222 g/mol. The molecule has 0 amide bonds. The summed E-state index contributed by atoms with van der Waals surface area (Å²) in [4.78, 5) is 2.35. The second kappa shape index (κ2) is 4.58. The van der Waals surface area contributed by atoms with Crippen LogP contribution in [-0.2, 0) is 19.4 Å². The maximum Gasteiger partial charge on any atom is 0.0968 e. The fraction of sp³-hybridized carbons (Fsp3) is 0.400. The Balaban J connectivity index is 1.98. The zero-order valence-electron chi connectivity index (χ0n) is 11.0. The van der Waals surface area contributed by atoms with E-state index in [0.29, 0.717) is 0 Å². The number of nitrogens with zero attached hydrogens (tertiary/aromatic N) is 2. The summed E-state index contributed by atoms with van der Waals surface area (Å²) in [5.74, 6) is 0. The third-order valence-corrected chi connectivity index (χ3v) is 3.76. The van der Waals surface area contributed by atoms with Crippen LogP contribution in [0.5, 0.6) is 0 Å². The van der Waals surface area contributed by atoms with Gasteiger partial charge in [-0.3, -0.25) is 5.10 Å². The van der Waals surface area contributed by atoms with Crippen LogP contribution in [0.3, 0.4) is 0 Å². The molecule has 18 heavy (non-hydrogen) atoms. The van der Waals surface area contributed by atoms with Crippen LogP contribution in [0.1, 0.15) is 23.7 Å². The first-order valence-electron chi connectivity index (χ1n) is 6.62. The third-order valence-electron chi connectivity index (χ3n) is 3.76. The van der Waals surface area contributed by atoms with Crippen molar-refractivity contribution in [2.75, 3.05) is 13.6 Å². The number of aromatic amines is 1. The van der Waals surface area contributed by atoms with E-state index in [0.717, 1.165) is 31.6 Å². The zero-order valence-corrected chi connectivity index (χ0v) is 11.0. The summed E-state index contributed by atoms with van der Waals surface area (Å²) in [5, 5.41) is 7.70. The highest BCUT2D eigenvalue weighted by molar-refractivity contribution is 5.64. The molecule has 1 aliphatic rings. The van der Waals surface area contributed by atoms with Gasteiger partial charge < -0.3 is 4.90 Å². The van der Waals surface area contributed by atoms with E-state index in [1.165, 1.54) is 22.4 Å². The second-order valence-electron chi connectivity index (χ2n) is 5.07. The summed E-state index contributed by atoms with van der Waals surface area (Å²) in [6.07, 6.45) is 2.16. The number of benzene rings is 1. The van der Waals surface area contributed by atoms with Crippen molar-refractivity contribution in [1.82, 2.24) is 15.1 Å². The molecule has 0 radical (unpaired) electrons. The topological polar surface area (TPSA) is 31.9 Å². The number of likely N-dealkylation sites (N-methyl/N-ethyl adjacent to an activating group) is 1. The van der Waals surface area contributed by atoms with Gasteiger partial charge in [0.2, 0.25) is 0 Å². The van der Waals surface area contributed by atoms with Gasteiger partial charge in [-0.15, -0.1) is 0 Å². The van der Waals surface area contributed by atoms with Crippen molar-refractivity contribution in [2.24, 2.45) is 0 Å². The summed E-state index contributed by atoms with van der Waals surface area (Å²) < 4.78 is 0. The van der Waals surface area contributed by atoms with Crippen LogP contribution in [-0.4, -0.2) is 28.7 Å². The molecule has 0 unspecified atom stereocenters. The van der Waals surface area contributed by atoms with Gasteiger partial charge in [-0.25, -0.2) is 0 Å². The van der Waals surface area contributed by atoms with Crippen molar-refractivity contribution in [2.45, 2.75) is 26.3 Å². The largest absolute Gasteiger partial charge is 0.302 e. The molecule has 94 valence electrons. The number of fused-ring (bicyclic) bond motifs is 1. The van der Waals surface area contributed by atoms with Crippen LogP contribution in [0.25, 0.3) is 11.3 Å². The molecule has 0 saturated heterocycles. The van der Waals surface area contributed by atoms with Gasteiger partial charge in [0.15, 0.2) is 0 Å². The molecule has 0 atom stereocenters. The molecule has 1 N–H and O–H groups in total. The van der Waals surface area contributed by atoms with Gasteiger partial charge in [-0.05, 0) is 19.0 Å². The highest BCUT2D eigenvalue weighted by Gasteiger charge is 2.20. The Morgan fingerprint density at radius 3 is 2.78 bits per heavy atom. The SMILES string of the molecule is CCc1ccc(-c2n[nH]c3c2CN(C)CC3)cc1. The Morgan fingerprint density at radius 2 is 2.06 bits per heavy atom. The molecular formula is C15H19N3. The monoisotopic (exact) mass is 241 g/mol. The first kappa shape index (κ1) is 11.5. The maximum atomic E-state index is 4.51. The standard InChI is InChI=1S/C15H19N3/c1-3-11-4-6-12(7-5-11)15-13-10-18(2)9-8-14(13)16-17-15/h4-7H,3,8-10H2,1-2H3,(H,16,17). The predicted octanol–water partition coefficient (Wildman–Crippen LogP) is 2.63. The van der Waals surface area contributed by atoms with E-state index in [1.807, 2.05) is 0 Å². The minimum absolute atomic E-state index is 0.997. The molecule has 2 aromatic rings. The smallest absolute Gasteiger partial charge is 0.0968 e. The van der Waals surface area contributed by atoms with Crippen LogP contribution in [0.2, 0.25) is 0 Å². The summed E-state index contributed by atoms with van der Waals surface area (Å²) >= 11 is 0. The molecule has 3 rings (SSSR count). The van der Waals surface area contributed by atoms with Gasteiger partial charge in [0, 0.05) is 36.3 Å². The Labute approximate surface area is 108 Å². The Hall–Kier alpha value is -1.61. The van der Waals surface area contributed by atoms with Gasteiger partial charge in [-0.1, -0.05) is 31.2 Å². The van der Waals surface area contributed by atoms with E-state index < -0.39 is 0 Å². The lowest BCUT2D eigenvalue weighted by molar-refractivity contribution is 0.312. The van der Waals surface area contributed by atoms with Crippen molar-refractivity contribution < 1.29 is 0 Å². The van der Waals surface area contributed by atoms with Gasteiger partial charge >= 0.3 is 0 Å². The molecule has 0 bridgehead atoms. The van der Waals surface area contributed by atoms with E-state index >= 15 is 0 Å². The number of aryl methyl sites for hydroxylation is 1. The minimum Gasteiger partial charge on any atom is -0.302 e. The summed E-state index contributed by atoms with van der Waals surface area (Å²) in [7, 11) is 2.17. The molecule has 0 aliphatic carbocycles. The molecule has 0 spiro atoms. The zero-order chi connectivity index (χ0) is 12.5. The average molecular weight is 241 g/mol. The van der Waals surface area contributed by atoms with Gasteiger partial charge in [0.05, 0.1) is 5.69 Å². The molecule has 0 saturated carbocycles. The molecule has 1 aliphatic heterocycles. The number of hydrogen-bond donors (Lipinski definition) is 1. The van der Waals surface area contributed by atoms with Crippen LogP contribution in [0.4, 0.5) is 0 Å². The van der Waals surface area contributed by atoms with E-state index in [2.05, 4.69) is 53.3 Å². The minimum atomic E-state index is 0.997. The summed E-state index contributed by atoms with van der Waals surface area (Å²) in [6, 6.07) is 8.76. The predicted molar refractivity (Wildman–Crippen MR) is 73.4 cm³/mol. The number of nitrogens with one attached hydrogen (secondary N) is 1. The fourth-order valence-electron chi connectivity index (χ4n) is 2.57. The first-order chi connectivity index (χ1) is 8.78. The molecule has 1 aromatic carbocycles. The number of rotatable bonds is 2. The van der Waals surface area contributed by atoms with Crippen molar-refractivity contribution in [1.29, 1.82) is 0 Å². The average Bonchev–Trinajstić information content (AvgIpc) is 2.82. The van der Waals surface area contributed by atoms with Crippen molar-refractivity contribution in [3.05, 3.63) is 41.1 Å². The Morgan fingerprint density at radius 1 is 1.28 bits per heavy atom. The third kappa shape index (κ3) is 1.95.